The molecule has 0 aliphatic carbocycles. The third kappa shape index (κ3) is 3.19. The molecule has 0 atom stereocenters. The predicted molar refractivity (Wildman–Crippen MR) is 79.8 cm³/mol. The highest BCUT2D eigenvalue weighted by atomic mass is 16.5. The Morgan fingerprint density at radius 3 is 2.14 bits per heavy atom. The smallest absolute Gasteiger partial charge is 0.342 e. The maximum atomic E-state index is 12.1. The lowest BCUT2D eigenvalue weighted by Crippen LogP contribution is -2.07. The van der Waals surface area contributed by atoms with Crippen LogP contribution in [-0.4, -0.2) is 19.0 Å². The molecule has 1 heterocycles. The van der Waals surface area contributed by atoms with Gasteiger partial charge < -0.3 is 13.9 Å². The lowest BCUT2D eigenvalue weighted by atomic mass is 10.1. The van der Waals surface area contributed by atoms with Crippen molar-refractivity contribution in [1.82, 2.24) is 0 Å². The molecule has 0 N–H and O–H groups in total. The van der Waals surface area contributed by atoms with E-state index in [9.17, 15) is 9.59 Å². The van der Waals surface area contributed by atoms with E-state index in [4.69, 9.17) is 9.15 Å². The zero-order valence-electron chi connectivity index (χ0n) is 13.1. The summed E-state index contributed by atoms with van der Waals surface area (Å²) < 4.78 is 15.3. The van der Waals surface area contributed by atoms with E-state index in [0.717, 1.165) is 11.1 Å². The van der Waals surface area contributed by atoms with Gasteiger partial charge in [0.25, 0.3) is 0 Å². The van der Waals surface area contributed by atoms with Crippen molar-refractivity contribution in [1.29, 1.82) is 0 Å². The van der Waals surface area contributed by atoms with Crippen LogP contribution in [0.15, 0.2) is 28.7 Å². The Bertz CT molecular complexity index is 695. The Morgan fingerprint density at radius 2 is 1.64 bits per heavy atom. The van der Waals surface area contributed by atoms with Crippen LogP contribution in [0.25, 0.3) is 0 Å². The number of hydrogen-bond donors (Lipinski definition) is 0. The molecule has 5 nitrogen and oxygen atoms in total. The lowest BCUT2D eigenvalue weighted by molar-refractivity contribution is 0.0468. The fourth-order valence-electron chi connectivity index (χ4n) is 2.17. The average molecular weight is 302 g/mol. The van der Waals surface area contributed by atoms with E-state index in [-0.39, 0.29) is 6.61 Å². The molecular formula is C17H18O5. The van der Waals surface area contributed by atoms with Crippen molar-refractivity contribution in [3.63, 3.8) is 0 Å². The number of aryl methyl sites for hydroxylation is 2. The van der Waals surface area contributed by atoms with E-state index in [1.54, 1.807) is 31.2 Å². The van der Waals surface area contributed by atoms with Crippen LogP contribution in [0.5, 0.6) is 0 Å². The minimum atomic E-state index is -0.413. The topological polar surface area (TPSA) is 65.7 Å². The summed E-state index contributed by atoms with van der Waals surface area (Å²) in [5, 5.41) is 0. The van der Waals surface area contributed by atoms with Crippen LogP contribution in [-0.2, 0) is 16.1 Å². The first-order valence-electron chi connectivity index (χ1n) is 6.85. The standard InChI is InChI=1S/C17H18O5/c1-10-11(2)22-12(3)15(10)17(19)21-9-13-5-7-14(8-6-13)16(18)20-4/h5-8H,9H2,1-4H3. The van der Waals surface area contributed by atoms with Gasteiger partial charge in [-0.2, -0.15) is 0 Å². The molecular weight excluding hydrogens is 284 g/mol. The molecule has 1 aromatic heterocycles. The van der Waals surface area contributed by atoms with Crippen molar-refractivity contribution in [2.75, 3.05) is 7.11 Å². The van der Waals surface area contributed by atoms with Crippen molar-refractivity contribution in [2.24, 2.45) is 0 Å². The first-order chi connectivity index (χ1) is 10.4. The summed E-state index contributed by atoms with van der Waals surface area (Å²) in [4.78, 5) is 23.5. The van der Waals surface area contributed by atoms with Gasteiger partial charge in [-0.05, 0) is 38.5 Å². The molecule has 0 saturated carbocycles. The molecule has 5 heteroatoms. The highest BCUT2D eigenvalue weighted by molar-refractivity contribution is 5.92. The Morgan fingerprint density at radius 1 is 1.00 bits per heavy atom. The second-order valence-electron chi connectivity index (χ2n) is 4.98. The molecule has 2 rings (SSSR count). The first kappa shape index (κ1) is 15.8. The molecule has 0 spiro atoms. The average Bonchev–Trinajstić information content (AvgIpc) is 2.77. The van der Waals surface area contributed by atoms with E-state index in [2.05, 4.69) is 4.74 Å². The lowest BCUT2D eigenvalue weighted by Gasteiger charge is -2.06. The Kier molecular flexibility index (Phi) is 4.65. The summed E-state index contributed by atoms with van der Waals surface area (Å²) in [5.74, 6) is 0.459. The number of furan rings is 1. The fraction of sp³-hybridized carbons (Fsp3) is 0.294. The Hall–Kier alpha value is -2.56. The number of methoxy groups -OCH3 is 1. The summed E-state index contributed by atoms with van der Waals surface area (Å²) in [6.45, 7) is 5.50. The molecule has 0 fully saturated rings. The molecule has 0 saturated heterocycles. The molecule has 2 aromatic rings. The quantitative estimate of drug-likeness (QED) is 0.810. The minimum absolute atomic E-state index is 0.128. The number of benzene rings is 1. The van der Waals surface area contributed by atoms with Gasteiger partial charge in [-0.25, -0.2) is 9.59 Å². The van der Waals surface area contributed by atoms with E-state index in [1.807, 2.05) is 13.8 Å². The number of rotatable bonds is 4. The zero-order chi connectivity index (χ0) is 16.3. The third-order valence-electron chi connectivity index (χ3n) is 3.51. The van der Waals surface area contributed by atoms with Gasteiger partial charge in [-0.1, -0.05) is 12.1 Å². The number of hydrogen-bond acceptors (Lipinski definition) is 5. The minimum Gasteiger partial charge on any atom is -0.465 e. The zero-order valence-corrected chi connectivity index (χ0v) is 13.1. The van der Waals surface area contributed by atoms with Crippen molar-refractivity contribution >= 4 is 11.9 Å². The molecule has 0 unspecified atom stereocenters. The number of carbonyl (C=O) groups excluding carboxylic acids is 2. The van der Waals surface area contributed by atoms with Gasteiger partial charge in [0.1, 0.15) is 23.7 Å². The van der Waals surface area contributed by atoms with Crippen molar-refractivity contribution in [2.45, 2.75) is 27.4 Å². The van der Waals surface area contributed by atoms with E-state index in [0.29, 0.717) is 22.6 Å². The second kappa shape index (κ2) is 6.47. The van der Waals surface area contributed by atoms with E-state index < -0.39 is 11.9 Å². The van der Waals surface area contributed by atoms with Crippen LogP contribution < -0.4 is 0 Å². The second-order valence-corrected chi connectivity index (χ2v) is 4.98. The normalized spacial score (nSPS) is 10.4. The van der Waals surface area contributed by atoms with Crippen LogP contribution in [0.2, 0.25) is 0 Å². The number of ether oxygens (including phenoxy) is 2. The van der Waals surface area contributed by atoms with Gasteiger partial charge in [-0.15, -0.1) is 0 Å². The van der Waals surface area contributed by atoms with E-state index >= 15 is 0 Å². The van der Waals surface area contributed by atoms with Gasteiger partial charge in [-0.3, -0.25) is 0 Å². The van der Waals surface area contributed by atoms with Gasteiger partial charge in [0.05, 0.1) is 12.7 Å². The van der Waals surface area contributed by atoms with Crippen molar-refractivity contribution < 1.29 is 23.5 Å². The maximum Gasteiger partial charge on any atom is 0.342 e. The third-order valence-corrected chi connectivity index (χ3v) is 3.51. The molecule has 0 aliphatic heterocycles. The first-order valence-corrected chi connectivity index (χ1v) is 6.85. The molecule has 0 radical (unpaired) electrons. The van der Waals surface area contributed by atoms with Gasteiger partial charge >= 0.3 is 11.9 Å². The molecule has 1 aromatic carbocycles. The van der Waals surface area contributed by atoms with Gasteiger partial charge in [0.15, 0.2) is 0 Å². The van der Waals surface area contributed by atoms with Crippen LogP contribution >= 0.6 is 0 Å². The monoisotopic (exact) mass is 302 g/mol. The van der Waals surface area contributed by atoms with Crippen LogP contribution in [0, 0.1) is 20.8 Å². The van der Waals surface area contributed by atoms with Crippen LogP contribution in [0.1, 0.15) is 43.4 Å². The summed E-state index contributed by atoms with van der Waals surface area (Å²) >= 11 is 0. The highest BCUT2D eigenvalue weighted by Crippen LogP contribution is 2.22. The molecule has 22 heavy (non-hydrogen) atoms. The Balaban J connectivity index is 2.03. The van der Waals surface area contributed by atoms with Crippen molar-refractivity contribution in [3.8, 4) is 0 Å². The molecule has 0 amide bonds. The van der Waals surface area contributed by atoms with E-state index in [1.165, 1.54) is 7.11 Å². The fourth-order valence-corrected chi connectivity index (χ4v) is 2.17. The number of esters is 2. The summed E-state index contributed by atoms with van der Waals surface area (Å²) in [5.41, 5.74) is 2.51. The molecule has 0 bridgehead atoms. The van der Waals surface area contributed by atoms with Gasteiger partial charge in [0, 0.05) is 5.56 Å². The van der Waals surface area contributed by atoms with Gasteiger partial charge in [0.2, 0.25) is 0 Å². The molecule has 116 valence electrons. The SMILES string of the molecule is COC(=O)c1ccc(COC(=O)c2c(C)oc(C)c2C)cc1. The van der Waals surface area contributed by atoms with Crippen LogP contribution in [0.3, 0.4) is 0 Å². The predicted octanol–water partition coefficient (Wildman–Crippen LogP) is 3.35. The Labute approximate surface area is 128 Å². The molecule has 0 aliphatic rings. The summed E-state index contributed by atoms with van der Waals surface area (Å²) in [6.07, 6.45) is 0. The number of carbonyl (C=O) groups is 2. The van der Waals surface area contributed by atoms with Crippen LogP contribution in [0.4, 0.5) is 0 Å². The highest BCUT2D eigenvalue weighted by Gasteiger charge is 2.19. The summed E-state index contributed by atoms with van der Waals surface area (Å²) in [7, 11) is 1.33. The van der Waals surface area contributed by atoms with Crippen molar-refractivity contribution in [3.05, 3.63) is 58.0 Å². The largest absolute Gasteiger partial charge is 0.465 e. The summed E-state index contributed by atoms with van der Waals surface area (Å²) in [6, 6.07) is 6.71. The maximum absolute atomic E-state index is 12.1.